The van der Waals surface area contributed by atoms with Crippen LogP contribution in [0.15, 0.2) is 59.1 Å². The summed E-state index contributed by atoms with van der Waals surface area (Å²) in [6.45, 7) is 0.0519. The number of hydrogen-bond acceptors (Lipinski definition) is 4. The van der Waals surface area contributed by atoms with E-state index in [0.717, 1.165) is 0 Å². The maximum atomic E-state index is 13.1. The predicted octanol–water partition coefficient (Wildman–Crippen LogP) is 2.83. The normalized spacial score (nSPS) is 14.6. The van der Waals surface area contributed by atoms with Crippen LogP contribution >= 0.6 is 0 Å². The van der Waals surface area contributed by atoms with Crippen molar-refractivity contribution in [2.24, 2.45) is 0 Å². The van der Waals surface area contributed by atoms with Crippen LogP contribution in [-0.4, -0.2) is 27.5 Å². The Hall–Kier alpha value is -3.48. The molecule has 4 rings (SSSR count). The van der Waals surface area contributed by atoms with Gasteiger partial charge in [-0.2, -0.15) is 0 Å². The van der Waals surface area contributed by atoms with Gasteiger partial charge in [-0.25, -0.2) is 9.37 Å². The van der Waals surface area contributed by atoms with Gasteiger partial charge in [0.05, 0.1) is 23.0 Å². The number of fused-ring (bicyclic) bond motifs is 1. The van der Waals surface area contributed by atoms with Crippen LogP contribution in [0.5, 0.6) is 0 Å². The number of aromatic amines is 1. The molecule has 0 bridgehead atoms. The smallest absolute Gasteiger partial charge is 0.259 e. The van der Waals surface area contributed by atoms with Crippen LogP contribution in [0.1, 0.15) is 5.82 Å². The first-order valence-corrected chi connectivity index (χ1v) is 7.58. The highest BCUT2D eigenvalue weighted by Crippen LogP contribution is 2.29. The van der Waals surface area contributed by atoms with Crippen molar-refractivity contribution in [3.8, 4) is 0 Å². The molecule has 0 unspecified atom stereocenters. The van der Waals surface area contributed by atoms with Crippen LogP contribution in [0, 0.1) is 11.2 Å². The van der Waals surface area contributed by atoms with Gasteiger partial charge in [-0.15, -0.1) is 0 Å². The van der Waals surface area contributed by atoms with Crippen molar-refractivity contribution in [2.45, 2.75) is 0 Å². The summed E-state index contributed by atoms with van der Waals surface area (Å²) >= 11 is 0. The van der Waals surface area contributed by atoms with Crippen LogP contribution in [0.25, 0.3) is 16.5 Å². The Morgan fingerprint density at radius 3 is 2.64 bits per heavy atom. The first-order chi connectivity index (χ1) is 12.0. The third-order valence-electron chi connectivity index (χ3n) is 4.09. The lowest BCUT2D eigenvalue weighted by molar-refractivity contribution is 0.411. The number of hydrogen-bond donors (Lipinski definition) is 3. The Balaban J connectivity index is 1.78. The van der Waals surface area contributed by atoms with Gasteiger partial charge in [0.2, 0.25) is 0 Å². The van der Waals surface area contributed by atoms with Crippen molar-refractivity contribution < 1.29 is 9.50 Å². The molecular weight excluding hydrogens is 323 g/mol. The summed E-state index contributed by atoms with van der Waals surface area (Å²) in [4.78, 5) is 20.7. The monoisotopic (exact) mass is 336 g/mol. The summed E-state index contributed by atoms with van der Waals surface area (Å²) in [5.41, 5.74) is 0.867. The average molecular weight is 336 g/mol. The molecule has 0 fully saturated rings. The van der Waals surface area contributed by atoms with Gasteiger partial charge in [-0.3, -0.25) is 10.2 Å². The Morgan fingerprint density at radius 2 is 1.88 bits per heavy atom. The van der Waals surface area contributed by atoms with Crippen LogP contribution in [0.3, 0.4) is 0 Å². The molecule has 7 heteroatoms. The number of nitrogens with one attached hydrogen (secondary N) is 2. The molecule has 1 aliphatic heterocycles. The third kappa shape index (κ3) is 2.46. The summed E-state index contributed by atoms with van der Waals surface area (Å²) in [5, 5.41) is 19.1. The molecule has 0 saturated carbocycles. The van der Waals surface area contributed by atoms with Gasteiger partial charge in [0.15, 0.2) is 0 Å². The number of para-hydroxylation sites is 1. The summed E-state index contributed by atoms with van der Waals surface area (Å²) in [6, 6.07) is 12.5. The third-order valence-corrected chi connectivity index (χ3v) is 4.09. The molecule has 0 radical (unpaired) electrons. The lowest BCUT2D eigenvalue weighted by atomic mass is 10.2. The van der Waals surface area contributed by atoms with E-state index in [1.54, 1.807) is 24.3 Å². The Bertz CT molecular complexity index is 1090. The fourth-order valence-electron chi connectivity index (χ4n) is 2.87. The van der Waals surface area contributed by atoms with E-state index in [-0.39, 0.29) is 40.9 Å². The first-order valence-electron chi connectivity index (χ1n) is 7.58. The average Bonchev–Trinajstić information content (AvgIpc) is 2.90. The van der Waals surface area contributed by atoms with Crippen LogP contribution in [-0.2, 0) is 0 Å². The van der Waals surface area contributed by atoms with E-state index >= 15 is 0 Å². The van der Waals surface area contributed by atoms with Crippen molar-refractivity contribution in [3.63, 3.8) is 0 Å². The second-order valence-corrected chi connectivity index (χ2v) is 5.66. The molecule has 3 aromatic rings. The van der Waals surface area contributed by atoms with Crippen molar-refractivity contribution in [1.82, 2.24) is 9.97 Å². The van der Waals surface area contributed by atoms with Gasteiger partial charge >= 0.3 is 0 Å². The van der Waals surface area contributed by atoms with Gasteiger partial charge in [-0.1, -0.05) is 12.1 Å². The Kier molecular flexibility index (Phi) is 3.35. The number of nitrogens with zero attached hydrogens (tertiary/aromatic N) is 2. The molecule has 2 heterocycles. The molecule has 0 spiro atoms. The number of aromatic nitrogens is 2. The quantitative estimate of drug-likeness (QED) is 0.671. The molecule has 1 aliphatic rings. The lowest BCUT2D eigenvalue weighted by Gasteiger charge is -2.18. The van der Waals surface area contributed by atoms with Crippen molar-refractivity contribution in [3.05, 3.63) is 76.3 Å². The van der Waals surface area contributed by atoms with Crippen molar-refractivity contribution >= 4 is 28.0 Å². The fraction of sp³-hybridized carbons (Fsp3) is 0.0556. The zero-order valence-corrected chi connectivity index (χ0v) is 13.0. The predicted molar refractivity (Wildman–Crippen MR) is 93.4 cm³/mol. The molecular formula is C18H13FN4O2. The highest BCUT2D eigenvalue weighted by molar-refractivity contribution is 6.30. The van der Waals surface area contributed by atoms with Gasteiger partial charge in [0.25, 0.3) is 5.56 Å². The number of H-pyrrole nitrogens is 1. The summed E-state index contributed by atoms with van der Waals surface area (Å²) in [6.07, 6.45) is 0. The standard InChI is InChI=1S/C18H13FN4O2/c19-10-5-7-11(8-6-10)23-9-14(24)15(16(23)20)17-21-13-4-2-1-3-12(13)18(25)22-17/h1-8,20,24H,9H2,(H,21,22,25). The number of benzene rings is 2. The van der Waals surface area contributed by atoms with Gasteiger partial charge < -0.3 is 15.0 Å². The fourth-order valence-corrected chi connectivity index (χ4v) is 2.87. The number of rotatable bonds is 2. The second-order valence-electron chi connectivity index (χ2n) is 5.66. The number of amidine groups is 1. The second kappa shape index (κ2) is 5.55. The number of anilines is 1. The largest absolute Gasteiger partial charge is 0.509 e. The zero-order valence-electron chi connectivity index (χ0n) is 13.0. The molecule has 3 N–H and O–H groups in total. The minimum Gasteiger partial charge on any atom is -0.509 e. The molecule has 124 valence electrons. The number of halogens is 1. The Labute approximate surface area is 141 Å². The van der Waals surface area contributed by atoms with E-state index in [0.29, 0.717) is 16.6 Å². The number of aliphatic hydroxyl groups is 1. The molecule has 0 atom stereocenters. The highest BCUT2D eigenvalue weighted by Gasteiger charge is 2.31. The molecule has 0 saturated heterocycles. The van der Waals surface area contributed by atoms with Crippen LogP contribution in [0.2, 0.25) is 0 Å². The SMILES string of the molecule is N=C1C(c2nc3ccccc3c(=O)[nH]2)=C(O)CN1c1ccc(F)cc1. The van der Waals surface area contributed by atoms with Gasteiger partial charge in [0.1, 0.15) is 23.2 Å². The molecule has 0 aliphatic carbocycles. The molecule has 0 amide bonds. The van der Waals surface area contributed by atoms with Crippen LogP contribution < -0.4 is 10.5 Å². The highest BCUT2D eigenvalue weighted by atomic mass is 19.1. The minimum absolute atomic E-state index is 0.0115. The summed E-state index contributed by atoms with van der Waals surface area (Å²) < 4.78 is 13.1. The van der Waals surface area contributed by atoms with E-state index < -0.39 is 0 Å². The first kappa shape index (κ1) is 15.1. The van der Waals surface area contributed by atoms with Crippen molar-refractivity contribution in [1.29, 1.82) is 5.41 Å². The van der Waals surface area contributed by atoms with E-state index in [9.17, 15) is 14.3 Å². The maximum absolute atomic E-state index is 13.1. The van der Waals surface area contributed by atoms with E-state index in [1.165, 1.54) is 29.2 Å². The zero-order chi connectivity index (χ0) is 17.6. The topological polar surface area (TPSA) is 93.1 Å². The van der Waals surface area contributed by atoms with E-state index in [2.05, 4.69) is 9.97 Å². The van der Waals surface area contributed by atoms with Gasteiger partial charge in [-0.05, 0) is 36.4 Å². The van der Waals surface area contributed by atoms with E-state index in [1.807, 2.05) is 0 Å². The number of aliphatic hydroxyl groups excluding tert-OH is 1. The van der Waals surface area contributed by atoms with Crippen molar-refractivity contribution in [2.75, 3.05) is 11.4 Å². The molecule has 6 nitrogen and oxygen atoms in total. The summed E-state index contributed by atoms with van der Waals surface area (Å²) in [5.74, 6) is -0.335. The maximum Gasteiger partial charge on any atom is 0.259 e. The molecule has 25 heavy (non-hydrogen) atoms. The van der Waals surface area contributed by atoms with E-state index in [4.69, 9.17) is 5.41 Å². The molecule has 2 aromatic carbocycles. The summed E-state index contributed by atoms with van der Waals surface area (Å²) in [7, 11) is 0. The Morgan fingerprint density at radius 1 is 1.16 bits per heavy atom. The lowest BCUT2D eigenvalue weighted by Crippen LogP contribution is -2.26. The molecule has 1 aromatic heterocycles. The van der Waals surface area contributed by atoms with Crippen LogP contribution in [0.4, 0.5) is 10.1 Å². The van der Waals surface area contributed by atoms with Gasteiger partial charge in [0, 0.05) is 5.69 Å². The minimum atomic E-state index is -0.382.